The Balaban J connectivity index is 1.48. The maximum atomic E-state index is 5.75. The van der Waals surface area contributed by atoms with Gasteiger partial charge in [0.2, 0.25) is 0 Å². The van der Waals surface area contributed by atoms with E-state index in [0.29, 0.717) is 0 Å². The molecule has 0 unspecified atom stereocenters. The van der Waals surface area contributed by atoms with Gasteiger partial charge in [-0.15, -0.1) is 0 Å². The van der Waals surface area contributed by atoms with Crippen LogP contribution < -0.4 is 9.47 Å². The van der Waals surface area contributed by atoms with Gasteiger partial charge in [0.25, 0.3) is 0 Å². The Hall–Kier alpha value is -1.00. The molecule has 2 nitrogen and oxygen atoms in total. The van der Waals surface area contributed by atoms with Crippen molar-refractivity contribution < 1.29 is 9.47 Å². The summed E-state index contributed by atoms with van der Waals surface area (Å²) >= 11 is 6.89. The van der Waals surface area contributed by atoms with Crippen molar-refractivity contribution >= 4 is 31.9 Å². The second kappa shape index (κ2) is 11.5. The zero-order chi connectivity index (χ0) is 17.0. The molecule has 0 fully saturated rings. The van der Waals surface area contributed by atoms with Crippen molar-refractivity contribution in [2.24, 2.45) is 0 Å². The van der Waals surface area contributed by atoms with Crippen LogP contribution in [0.3, 0.4) is 0 Å². The monoisotopic (exact) mass is 454 g/mol. The third-order valence-corrected chi connectivity index (χ3v) is 5.03. The van der Waals surface area contributed by atoms with Gasteiger partial charge >= 0.3 is 0 Å². The zero-order valence-corrected chi connectivity index (χ0v) is 17.0. The van der Waals surface area contributed by atoms with Crippen molar-refractivity contribution in [2.75, 3.05) is 13.2 Å². The normalized spacial score (nSPS) is 10.6. The molecule has 0 heterocycles. The molecule has 4 heteroatoms. The largest absolute Gasteiger partial charge is 0.494 e. The van der Waals surface area contributed by atoms with Crippen LogP contribution in [0.1, 0.15) is 36.8 Å². The number of benzene rings is 2. The summed E-state index contributed by atoms with van der Waals surface area (Å²) in [5, 5.41) is 1.77. The first-order chi connectivity index (χ1) is 11.8. The molecule has 0 saturated carbocycles. The zero-order valence-electron chi connectivity index (χ0n) is 13.8. The van der Waals surface area contributed by atoms with E-state index in [1.54, 1.807) is 0 Å². The highest BCUT2D eigenvalue weighted by molar-refractivity contribution is 9.08. The first-order valence-electron chi connectivity index (χ1n) is 8.37. The molecule has 0 aliphatic carbocycles. The lowest BCUT2D eigenvalue weighted by Crippen LogP contribution is -2.00. The van der Waals surface area contributed by atoms with Crippen molar-refractivity contribution in [3.05, 3.63) is 59.7 Å². The van der Waals surface area contributed by atoms with Gasteiger partial charge < -0.3 is 9.47 Å². The lowest BCUT2D eigenvalue weighted by molar-refractivity contribution is 0.287. The minimum Gasteiger partial charge on any atom is -0.494 e. The predicted molar refractivity (Wildman–Crippen MR) is 108 cm³/mol. The van der Waals surface area contributed by atoms with Crippen LogP contribution in [0.2, 0.25) is 0 Å². The summed E-state index contributed by atoms with van der Waals surface area (Å²) in [4.78, 5) is 0. The van der Waals surface area contributed by atoms with Gasteiger partial charge in [-0.2, -0.15) is 0 Å². The number of hydrogen-bond acceptors (Lipinski definition) is 2. The van der Waals surface area contributed by atoms with Gasteiger partial charge in [-0.3, -0.25) is 0 Å². The van der Waals surface area contributed by atoms with Gasteiger partial charge in [0.05, 0.1) is 13.2 Å². The molecule has 0 radical (unpaired) electrons. The Bertz CT molecular complexity index is 514. The number of hydrogen-bond donors (Lipinski definition) is 0. The maximum absolute atomic E-state index is 5.75. The fourth-order valence-corrected chi connectivity index (χ4v) is 3.03. The number of rotatable bonds is 11. The first-order valence-corrected chi connectivity index (χ1v) is 10.6. The van der Waals surface area contributed by atoms with Crippen LogP contribution in [0.5, 0.6) is 11.5 Å². The number of alkyl halides is 2. The van der Waals surface area contributed by atoms with E-state index in [-0.39, 0.29) is 0 Å². The maximum Gasteiger partial charge on any atom is 0.119 e. The molecule has 0 N–H and O–H groups in total. The van der Waals surface area contributed by atoms with Crippen LogP contribution in [0.15, 0.2) is 48.5 Å². The number of ether oxygens (including phenoxy) is 2. The quantitative estimate of drug-likeness (QED) is 0.284. The average molecular weight is 456 g/mol. The predicted octanol–water partition coefficient (Wildman–Crippen LogP) is 6.49. The third kappa shape index (κ3) is 7.27. The van der Waals surface area contributed by atoms with Crippen molar-refractivity contribution in [3.63, 3.8) is 0 Å². The van der Waals surface area contributed by atoms with Gasteiger partial charge in [0.1, 0.15) is 11.5 Å². The third-order valence-electron chi connectivity index (χ3n) is 3.73. The summed E-state index contributed by atoms with van der Waals surface area (Å²) < 4.78 is 11.5. The molecule has 0 bridgehead atoms. The highest BCUT2D eigenvalue weighted by atomic mass is 79.9. The highest BCUT2D eigenvalue weighted by Gasteiger charge is 1.97. The van der Waals surface area contributed by atoms with Gasteiger partial charge in [-0.1, -0.05) is 56.1 Å². The van der Waals surface area contributed by atoms with Crippen LogP contribution in [0.25, 0.3) is 0 Å². The minimum absolute atomic E-state index is 0.780. The molecule has 0 aromatic heterocycles. The molecule has 0 aliphatic rings. The number of unbranched alkanes of at least 4 members (excludes halogenated alkanes) is 3. The lowest BCUT2D eigenvalue weighted by Gasteiger charge is -2.08. The summed E-state index contributed by atoms with van der Waals surface area (Å²) in [6.45, 7) is 1.56. The van der Waals surface area contributed by atoms with Crippen molar-refractivity contribution in [1.29, 1.82) is 0 Å². The molecule has 24 heavy (non-hydrogen) atoms. The SMILES string of the molecule is BrCc1ccc(OCCCCCCOc2ccc(CBr)cc2)cc1. The highest BCUT2D eigenvalue weighted by Crippen LogP contribution is 2.16. The molecule has 0 atom stereocenters. The van der Waals surface area contributed by atoms with Crippen molar-refractivity contribution in [1.82, 2.24) is 0 Å². The van der Waals surface area contributed by atoms with Crippen molar-refractivity contribution in [2.45, 2.75) is 36.3 Å². The van der Waals surface area contributed by atoms with E-state index in [4.69, 9.17) is 9.47 Å². The molecule has 2 aromatic rings. The molecule has 0 amide bonds. The van der Waals surface area contributed by atoms with Gasteiger partial charge in [0.15, 0.2) is 0 Å². The molecule has 2 aromatic carbocycles. The molecule has 0 saturated heterocycles. The second-order valence-electron chi connectivity index (χ2n) is 5.67. The molecule has 0 spiro atoms. The summed E-state index contributed by atoms with van der Waals surface area (Å²) in [5.74, 6) is 1.91. The average Bonchev–Trinajstić information content (AvgIpc) is 2.65. The van der Waals surface area contributed by atoms with E-state index in [1.165, 1.54) is 24.0 Å². The van der Waals surface area contributed by atoms with Crippen LogP contribution >= 0.6 is 31.9 Å². The molecular formula is C20H24Br2O2. The summed E-state index contributed by atoms with van der Waals surface area (Å²) in [5.41, 5.74) is 2.54. The first kappa shape index (κ1) is 19.3. The second-order valence-corrected chi connectivity index (χ2v) is 6.79. The Kier molecular flexibility index (Phi) is 9.29. The molecular weight excluding hydrogens is 432 g/mol. The van der Waals surface area contributed by atoms with E-state index in [1.807, 2.05) is 24.3 Å². The Morgan fingerprint density at radius 3 is 1.25 bits per heavy atom. The standard InChI is InChI=1S/C20H24Br2O2/c21-15-17-5-9-19(10-6-17)23-13-3-1-2-4-14-24-20-11-7-18(16-22)8-12-20/h5-12H,1-4,13-16H2. The fraction of sp³-hybridized carbons (Fsp3) is 0.400. The lowest BCUT2D eigenvalue weighted by atomic mass is 10.2. The Labute approximate surface area is 161 Å². The van der Waals surface area contributed by atoms with Gasteiger partial charge in [0, 0.05) is 10.7 Å². The van der Waals surface area contributed by atoms with Gasteiger partial charge in [-0.25, -0.2) is 0 Å². The van der Waals surface area contributed by atoms with E-state index in [0.717, 1.165) is 48.2 Å². The smallest absolute Gasteiger partial charge is 0.119 e. The fourth-order valence-electron chi connectivity index (χ4n) is 2.29. The Morgan fingerprint density at radius 2 is 0.917 bits per heavy atom. The minimum atomic E-state index is 0.780. The topological polar surface area (TPSA) is 18.5 Å². The van der Waals surface area contributed by atoms with Crippen LogP contribution in [0.4, 0.5) is 0 Å². The van der Waals surface area contributed by atoms with E-state index >= 15 is 0 Å². The summed E-state index contributed by atoms with van der Waals surface area (Å²) in [6.07, 6.45) is 4.51. The Morgan fingerprint density at radius 1 is 0.542 bits per heavy atom. The van der Waals surface area contributed by atoms with Gasteiger partial charge in [-0.05, 0) is 61.1 Å². The molecule has 0 aliphatic heterocycles. The van der Waals surface area contributed by atoms with E-state index in [9.17, 15) is 0 Å². The van der Waals surface area contributed by atoms with Crippen LogP contribution in [-0.4, -0.2) is 13.2 Å². The molecule has 130 valence electrons. The van der Waals surface area contributed by atoms with E-state index in [2.05, 4.69) is 56.1 Å². The summed E-state index contributed by atoms with van der Waals surface area (Å²) in [7, 11) is 0. The van der Waals surface area contributed by atoms with E-state index < -0.39 is 0 Å². The van der Waals surface area contributed by atoms with Crippen LogP contribution in [-0.2, 0) is 10.7 Å². The van der Waals surface area contributed by atoms with Crippen LogP contribution in [0, 0.1) is 0 Å². The summed E-state index contributed by atoms with van der Waals surface area (Å²) in [6, 6.07) is 16.5. The van der Waals surface area contributed by atoms with Crippen molar-refractivity contribution in [3.8, 4) is 11.5 Å². The number of halogens is 2. The molecule has 2 rings (SSSR count).